The van der Waals surface area contributed by atoms with E-state index in [9.17, 15) is 0 Å². The molecule has 0 bridgehead atoms. The van der Waals surface area contributed by atoms with Crippen molar-refractivity contribution < 1.29 is 8.83 Å². The van der Waals surface area contributed by atoms with E-state index in [0.29, 0.717) is 0 Å². The molecule has 19 aromatic carbocycles. The third-order valence-corrected chi connectivity index (χ3v) is 23.6. The first-order valence-corrected chi connectivity index (χ1v) is 40.4. The van der Waals surface area contributed by atoms with Gasteiger partial charge >= 0.3 is 0 Å². The quantitative estimate of drug-likeness (QED) is 0.115. The molecule has 0 saturated carbocycles. The molecule has 0 unspecified atom stereocenters. The Balaban J connectivity index is 0.000000143. The van der Waals surface area contributed by atoms with Crippen LogP contribution in [0.3, 0.4) is 0 Å². The summed E-state index contributed by atoms with van der Waals surface area (Å²) in [6.07, 6.45) is 0. The number of para-hydroxylation sites is 7. The van der Waals surface area contributed by atoms with Crippen molar-refractivity contribution in [3.8, 4) is 134 Å². The van der Waals surface area contributed by atoms with Crippen LogP contribution in [0.2, 0.25) is 0 Å². The molecule has 4 aromatic heterocycles. The van der Waals surface area contributed by atoms with E-state index in [1.807, 2.05) is 0 Å². The highest BCUT2D eigenvalue weighted by Gasteiger charge is 2.23. The Morgan fingerprint density at radius 1 is 0.127 bits per heavy atom. The molecule has 23 rings (SSSR count). The maximum atomic E-state index is 6.96. The number of hydrogen-bond acceptors (Lipinski definition) is 2. The molecule has 0 N–H and O–H groups in total. The van der Waals surface area contributed by atoms with Gasteiger partial charge in [-0.2, -0.15) is 0 Å². The van der Waals surface area contributed by atoms with Crippen LogP contribution in [0.1, 0.15) is 0 Å². The molecule has 0 amide bonds. The fourth-order valence-electron chi connectivity index (χ4n) is 17.9. The van der Waals surface area contributed by atoms with E-state index in [1.54, 1.807) is 0 Å². The smallest absolute Gasteiger partial charge is 0.143 e. The zero-order valence-corrected chi connectivity index (χ0v) is 64.4. The summed E-state index contributed by atoms with van der Waals surface area (Å²) >= 11 is 0. The van der Waals surface area contributed by atoms with Crippen LogP contribution in [0, 0.1) is 0 Å². The lowest BCUT2D eigenvalue weighted by molar-refractivity contribution is 0.670. The van der Waals surface area contributed by atoms with Gasteiger partial charge in [-0.15, -0.1) is 0 Å². The predicted octanol–water partition coefficient (Wildman–Crippen LogP) is 31.7. The van der Waals surface area contributed by atoms with Crippen LogP contribution in [-0.2, 0) is 0 Å². The van der Waals surface area contributed by atoms with Crippen LogP contribution in [-0.4, -0.2) is 9.13 Å². The van der Waals surface area contributed by atoms with E-state index < -0.39 is 0 Å². The normalized spacial score (nSPS) is 11.6. The number of hydrogen-bond donors (Lipinski definition) is 0. The second-order valence-corrected chi connectivity index (χ2v) is 30.6. The summed E-state index contributed by atoms with van der Waals surface area (Å²) in [7, 11) is 0. The standard InChI is InChI=1S/C60H39NO.C54H35NO/c1-4-14-40(15-5-1)42-26-28-44(29-27-42)47-36-48(38-49(37-47)52-22-13-24-55-54-23-12-21-51(59(54)62-60(52)55)45-18-8-3-9-19-45)46-32-35-58-56(39-46)53-20-10-11-25-57(53)61(58)50-33-30-43(31-34-50)41-16-6-2-7-17-41;1-4-15-36(16-5-1)38-19-12-20-39(31-38)41-32-42(40-29-30-52-50(35-40)47-23-10-11-28-51(47)55(52)44-21-8-3-9-22-44)34-43(33-41)46-25-14-27-49-48-26-13-24-45(53(48)56-54(46)49)37-17-6-2-7-18-37/h1-39H;1-35H. The van der Waals surface area contributed by atoms with Gasteiger partial charge in [0.15, 0.2) is 0 Å². The van der Waals surface area contributed by atoms with Gasteiger partial charge in [0.1, 0.15) is 22.3 Å². The second kappa shape index (κ2) is 29.4. The van der Waals surface area contributed by atoms with Crippen molar-refractivity contribution in [2.24, 2.45) is 0 Å². The summed E-state index contributed by atoms with van der Waals surface area (Å²) in [6.45, 7) is 0. The van der Waals surface area contributed by atoms with Crippen LogP contribution in [0.15, 0.2) is 458 Å². The number of nitrogens with zero attached hydrogens (tertiary/aromatic N) is 2. The summed E-state index contributed by atoms with van der Waals surface area (Å²) < 4.78 is 18.7. The largest absolute Gasteiger partial charge is 0.455 e. The minimum Gasteiger partial charge on any atom is -0.455 e. The first kappa shape index (κ1) is 69.1. The zero-order valence-electron chi connectivity index (χ0n) is 64.4. The molecule has 118 heavy (non-hydrogen) atoms. The lowest BCUT2D eigenvalue weighted by atomic mass is 9.91. The molecular formula is C114H74N2O2. The molecule has 4 heterocycles. The Kier molecular flexibility index (Phi) is 17.2. The highest BCUT2D eigenvalue weighted by Crippen LogP contribution is 2.47. The Morgan fingerprint density at radius 3 is 0.754 bits per heavy atom. The molecule has 0 radical (unpaired) electrons. The second-order valence-electron chi connectivity index (χ2n) is 30.6. The molecule has 552 valence electrons. The Morgan fingerprint density at radius 2 is 0.356 bits per heavy atom. The summed E-state index contributed by atoms with van der Waals surface area (Å²) in [6, 6.07) is 162. The molecule has 0 spiro atoms. The lowest BCUT2D eigenvalue weighted by Gasteiger charge is -2.13. The number of furan rings is 2. The molecular weight excluding hydrogens is 1430 g/mol. The van der Waals surface area contributed by atoms with Gasteiger partial charge in [0, 0.05) is 76.7 Å². The van der Waals surface area contributed by atoms with Crippen molar-refractivity contribution in [1.29, 1.82) is 0 Å². The van der Waals surface area contributed by atoms with Gasteiger partial charge in [-0.05, 0) is 203 Å². The summed E-state index contributed by atoms with van der Waals surface area (Å²) in [4.78, 5) is 0. The summed E-state index contributed by atoms with van der Waals surface area (Å²) in [5, 5.41) is 9.38. The molecule has 0 aliphatic rings. The maximum Gasteiger partial charge on any atom is 0.143 e. The van der Waals surface area contributed by atoms with Gasteiger partial charge in [0.2, 0.25) is 0 Å². The van der Waals surface area contributed by atoms with Gasteiger partial charge in [-0.1, -0.05) is 346 Å². The van der Waals surface area contributed by atoms with Crippen molar-refractivity contribution in [1.82, 2.24) is 9.13 Å². The van der Waals surface area contributed by atoms with Gasteiger partial charge in [0.25, 0.3) is 0 Å². The average Bonchev–Trinajstić information content (AvgIpc) is 1.63. The molecule has 0 atom stereocenters. The number of fused-ring (bicyclic) bond motifs is 12. The van der Waals surface area contributed by atoms with E-state index in [0.717, 1.165) is 133 Å². The van der Waals surface area contributed by atoms with Gasteiger partial charge in [-0.25, -0.2) is 0 Å². The Hall–Kier alpha value is -15.6. The van der Waals surface area contributed by atoms with Crippen molar-refractivity contribution in [2.75, 3.05) is 0 Å². The molecule has 0 aliphatic heterocycles. The minimum absolute atomic E-state index is 0.894. The van der Waals surface area contributed by atoms with Crippen LogP contribution in [0.5, 0.6) is 0 Å². The highest BCUT2D eigenvalue weighted by atomic mass is 16.3. The van der Waals surface area contributed by atoms with Crippen LogP contribution in [0.4, 0.5) is 0 Å². The van der Waals surface area contributed by atoms with Crippen LogP contribution >= 0.6 is 0 Å². The fraction of sp³-hybridized carbons (Fsp3) is 0. The number of aromatic nitrogens is 2. The van der Waals surface area contributed by atoms with Crippen LogP contribution in [0.25, 0.3) is 221 Å². The zero-order chi connectivity index (χ0) is 78.0. The highest BCUT2D eigenvalue weighted by molar-refractivity contribution is 6.16. The van der Waals surface area contributed by atoms with E-state index in [4.69, 9.17) is 8.83 Å². The molecule has 0 fully saturated rings. The SMILES string of the molecule is c1ccc(-c2ccc(-c3cc(-c4ccc5c(c4)c4ccccc4n5-c4ccc(-c5ccccc5)cc4)cc(-c4cccc5c4oc4c(-c6ccccc6)cccc45)c3)cc2)cc1.c1ccc(-c2cccc(-c3cc(-c4ccc5c(c4)c4ccccc4n5-c4ccccc4)cc(-c4cccc5c4oc4c(-c6ccccc6)cccc45)c3)c2)cc1. The van der Waals surface area contributed by atoms with Gasteiger partial charge in [0.05, 0.1) is 22.1 Å². The summed E-state index contributed by atoms with van der Waals surface area (Å²) in [5.41, 5.74) is 36.0. The number of rotatable bonds is 13. The fourth-order valence-corrected chi connectivity index (χ4v) is 17.9. The van der Waals surface area contributed by atoms with Gasteiger partial charge < -0.3 is 18.0 Å². The maximum absolute atomic E-state index is 6.96. The van der Waals surface area contributed by atoms with E-state index in [1.165, 1.54) is 88.1 Å². The molecule has 4 nitrogen and oxygen atoms in total. The van der Waals surface area contributed by atoms with Crippen molar-refractivity contribution >= 4 is 87.5 Å². The third-order valence-electron chi connectivity index (χ3n) is 23.6. The van der Waals surface area contributed by atoms with Crippen LogP contribution < -0.4 is 0 Å². The topological polar surface area (TPSA) is 36.1 Å². The minimum atomic E-state index is 0.894. The Labute approximate surface area is 683 Å². The molecule has 0 saturated heterocycles. The average molecular weight is 1500 g/mol. The monoisotopic (exact) mass is 1500 g/mol. The van der Waals surface area contributed by atoms with E-state index in [2.05, 4.69) is 458 Å². The van der Waals surface area contributed by atoms with Crippen molar-refractivity contribution in [2.45, 2.75) is 0 Å². The first-order chi connectivity index (χ1) is 58.5. The van der Waals surface area contributed by atoms with E-state index in [-0.39, 0.29) is 0 Å². The molecule has 4 heteroatoms. The van der Waals surface area contributed by atoms with Crippen molar-refractivity contribution in [3.05, 3.63) is 449 Å². The molecule has 23 aromatic rings. The van der Waals surface area contributed by atoms with E-state index >= 15 is 0 Å². The predicted molar refractivity (Wildman–Crippen MR) is 496 cm³/mol. The number of benzene rings is 19. The summed E-state index contributed by atoms with van der Waals surface area (Å²) in [5.74, 6) is 0. The molecule has 0 aliphatic carbocycles. The third kappa shape index (κ3) is 12.4. The first-order valence-electron chi connectivity index (χ1n) is 40.4. The van der Waals surface area contributed by atoms with Gasteiger partial charge in [-0.3, -0.25) is 0 Å². The Bertz CT molecular complexity index is 7730. The lowest BCUT2D eigenvalue weighted by Crippen LogP contribution is -1.93. The van der Waals surface area contributed by atoms with Crippen molar-refractivity contribution in [3.63, 3.8) is 0 Å².